The number of carbonyl (C=O) groups is 1. The highest BCUT2D eigenvalue weighted by Gasteiger charge is 2.06. The monoisotopic (exact) mass is 101 g/mol. The second kappa shape index (κ2) is 1.26. The van der Waals surface area contributed by atoms with E-state index in [4.69, 9.17) is 0 Å². The van der Waals surface area contributed by atoms with Gasteiger partial charge in [0.25, 0.3) is 0 Å². The van der Waals surface area contributed by atoms with E-state index in [2.05, 4.69) is 0 Å². The number of rotatable bonds is 0. The van der Waals surface area contributed by atoms with Crippen LogP contribution >= 0.6 is 11.8 Å². The van der Waals surface area contributed by atoms with Crippen LogP contribution in [-0.2, 0) is 4.79 Å². The molecule has 0 saturated carbocycles. The van der Waals surface area contributed by atoms with Crippen molar-refractivity contribution in [3.63, 3.8) is 0 Å². The molecular weight excluding hydrogens is 96.1 g/mol. The molecule has 1 aliphatic heterocycles. The molecule has 1 heterocycles. The Balaban J connectivity index is 2.28. The second-order valence-electron chi connectivity index (χ2n) is 1.35. The van der Waals surface area contributed by atoms with Gasteiger partial charge in [0.15, 0.2) is 0 Å². The molecule has 0 N–H and O–H groups in total. The Labute approximate surface area is 41.1 Å². The van der Waals surface area contributed by atoms with Crippen LogP contribution in [0.5, 0.6) is 0 Å². The molecule has 0 radical (unpaired) electrons. The average Bonchev–Trinajstić information content (AvgIpc) is 1.33. The lowest BCUT2D eigenvalue weighted by atomic mass is 10.3. The van der Waals surface area contributed by atoms with Crippen molar-refractivity contribution in [3.8, 4) is 0 Å². The molecule has 0 unspecified atom stereocenters. The fourth-order valence-electron chi connectivity index (χ4n) is 0.389. The van der Waals surface area contributed by atoms with Crippen molar-refractivity contribution < 1.29 is 4.79 Å². The predicted molar refractivity (Wildman–Crippen MR) is 26.1 cm³/mol. The van der Waals surface area contributed by atoms with Crippen molar-refractivity contribution in [1.29, 1.82) is 0 Å². The van der Waals surface area contributed by atoms with Crippen molar-refractivity contribution in [2.75, 3.05) is 0 Å². The van der Waals surface area contributed by atoms with Crippen LogP contribution in [0, 0.1) is 5.25 Å². The van der Waals surface area contributed by atoms with Gasteiger partial charge in [0.2, 0.25) is 0 Å². The molecule has 34 valence electrons. The van der Waals surface area contributed by atoms with Gasteiger partial charge in [-0.15, -0.1) is 0 Å². The van der Waals surface area contributed by atoms with Gasteiger partial charge >= 0.3 is 0 Å². The first-order chi connectivity index (χ1) is 2.79. The number of hydrogen-bond acceptors (Lipinski definition) is 2. The first-order valence-corrected chi connectivity index (χ1v) is 2.64. The zero-order valence-electron chi connectivity index (χ0n) is 3.52. The minimum Gasteiger partial charge on any atom is -0.293 e. The highest BCUT2D eigenvalue weighted by molar-refractivity contribution is 8.18. The van der Waals surface area contributed by atoms with E-state index in [-0.39, 0.29) is 0 Å². The zero-order chi connectivity index (χ0) is 4.57. The summed E-state index contributed by atoms with van der Waals surface area (Å²) in [6.07, 6.45) is 0.713. The molecule has 1 saturated heterocycles. The fourth-order valence-corrected chi connectivity index (χ4v) is 1.02. The van der Waals surface area contributed by atoms with Crippen LogP contribution < -0.4 is 0 Å². The SMILES string of the molecule is C[C-]1CC(=O)S1. The van der Waals surface area contributed by atoms with Crippen LogP contribution in [0.3, 0.4) is 0 Å². The Hall–Kier alpha value is 0.0200. The van der Waals surface area contributed by atoms with Gasteiger partial charge in [-0.3, -0.25) is 16.6 Å². The van der Waals surface area contributed by atoms with E-state index in [1.807, 2.05) is 6.92 Å². The molecule has 0 spiro atoms. The molecular formula is C4H5OS-. The lowest BCUT2D eigenvalue weighted by Crippen LogP contribution is -2.08. The third-order valence-electron chi connectivity index (χ3n) is 0.681. The minimum absolute atomic E-state index is 0.313. The molecule has 0 aliphatic carbocycles. The summed E-state index contributed by atoms with van der Waals surface area (Å²) >= 11 is 1.36. The molecule has 1 fully saturated rings. The number of carbonyl (C=O) groups excluding carboxylic acids is 1. The zero-order valence-corrected chi connectivity index (χ0v) is 4.34. The smallest absolute Gasteiger partial charge is 0.129 e. The summed E-state index contributed by atoms with van der Waals surface area (Å²) in [5.41, 5.74) is 0. The normalized spacial score (nSPS) is 23.8. The molecule has 0 amide bonds. The van der Waals surface area contributed by atoms with E-state index in [0.717, 1.165) is 0 Å². The van der Waals surface area contributed by atoms with Gasteiger partial charge in [-0.1, -0.05) is 6.42 Å². The van der Waals surface area contributed by atoms with Crippen LogP contribution in [0.1, 0.15) is 13.3 Å². The molecule has 0 atom stereocenters. The third kappa shape index (κ3) is 0.570. The maximum atomic E-state index is 10.1. The van der Waals surface area contributed by atoms with Crippen molar-refractivity contribution >= 4 is 16.9 Å². The third-order valence-corrected chi connectivity index (χ3v) is 1.55. The summed E-state index contributed by atoms with van der Waals surface area (Å²) in [5.74, 6) is 0. The maximum absolute atomic E-state index is 10.1. The van der Waals surface area contributed by atoms with Crippen molar-refractivity contribution in [2.45, 2.75) is 13.3 Å². The summed E-state index contributed by atoms with van der Waals surface area (Å²) in [6, 6.07) is 0. The van der Waals surface area contributed by atoms with E-state index < -0.39 is 0 Å². The highest BCUT2D eigenvalue weighted by atomic mass is 32.2. The molecule has 1 rings (SSSR count). The lowest BCUT2D eigenvalue weighted by molar-refractivity contribution is -0.111. The number of hydrogen-bond donors (Lipinski definition) is 0. The first kappa shape index (κ1) is 4.19. The Morgan fingerprint density at radius 2 is 2.50 bits per heavy atom. The van der Waals surface area contributed by atoms with Crippen LogP contribution in [-0.4, -0.2) is 5.12 Å². The summed E-state index contributed by atoms with van der Waals surface area (Å²) < 4.78 is 0. The molecule has 2 heteroatoms. The molecule has 0 aromatic rings. The Morgan fingerprint density at radius 3 is 2.50 bits per heavy atom. The van der Waals surface area contributed by atoms with E-state index >= 15 is 0 Å². The van der Waals surface area contributed by atoms with E-state index in [0.29, 0.717) is 11.5 Å². The van der Waals surface area contributed by atoms with Crippen molar-refractivity contribution in [2.24, 2.45) is 0 Å². The van der Waals surface area contributed by atoms with Gasteiger partial charge in [-0.25, -0.2) is 5.25 Å². The topological polar surface area (TPSA) is 17.1 Å². The van der Waals surface area contributed by atoms with E-state index in [9.17, 15) is 4.79 Å². The highest BCUT2D eigenvalue weighted by Crippen LogP contribution is 2.35. The predicted octanol–water partition coefficient (Wildman–Crippen LogP) is 1.20. The molecule has 0 aromatic heterocycles. The number of thioether (sulfide) groups is 1. The molecule has 1 nitrogen and oxygen atoms in total. The van der Waals surface area contributed by atoms with Gasteiger partial charge in [0.05, 0.1) is 0 Å². The van der Waals surface area contributed by atoms with E-state index in [1.165, 1.54) is 17.0 Å². The summed E-state index contributed by atoms with van der Waals surface area (Å²) in [6.45, 7) is 1.98. The molecule has 1 aliphatic rings. The maximum Gasteiger partial charge on any atom is 0.129 e. The quantitative estimate of drug-likeness (QED) is 0.426. The second-order valence-corrected chi connectivity index (χ2v) is 2.71. The minimum atomic E-state index is 0.313. The Kier molecular flexibility index (Phi) is 0.880. The Bertz CT molecular complexity index is 71.6. The lowest BCUT2D eigenvalue weighted by Gasteiger charge is -2.33. The average molecular weight is 101 g/mol. The van der Waals surface area contributed by atoms with Crippen LogP contribution in [0.2, 0.25) is 0 Å². The van der Waals surface area contributed by atoms with Crippen molar-refractivity contribution in [3.05, 3.63) is 5.25 Å². The Morgan fingerprint density at radius 1 is 2.00 bits per heavy atom. The summed E-state index contributed by atoms with van der Waals surface area (Å²) in [5, 5.41) is 1.56. The molecule has 0 bridgehead atoms. The molecule has 6 heavy (non-hydrogen) atoms. The van der Waals surface area contributed by atoms with Crippen LogP contribution in [0.4, 0.5) is 0 Å². The van der Waals surface area contributed by atoms with Crippen LogP contribution in [0.25, 0.3) is 0 Å². The first-order valence-electron chi connectivity index (χ1n) is 1.82. The van der Waals surface area contributed by atoms with Crippen LogP contribution in [0.15, 0.2) is 0 Å². The van der Waals surface area contributed by atoms with Gasteiger partial charge in [-0.05, 0) is 0 Å². The largest absolute Gasteiger partial charge is 0.293 e. The summed E-state index contributed by atoms with van der Waals surface area (Å²) in [4.78, 5) is 10.1. The summed E-state index contributed by atoms with van der Waals surface area (Å²) in [7, 11) is 0. The van der Waals surface area contributed by atoms with Crippen molar-refractivity contribution in [1.82, 2.24) is 0 Å². The van der Waals surface area contributed by atoms with Gasteiger partial charge in [0, 0.05) is 0 Å². The fraction of sp³-hybridized carbons (Fsp3) is 0.500. The van der Waals surface area contributed by atoms with Gasteiger partial charge in [0.1, 0.15) is 5.12 Å². The van der Waals surface area contributed by atoms with E-state index in [1.54, 1.807) is 0 Å². The van der Waals surface area contributed by atoms with Gasteiger partial charge in [-0.2, -0.15) is 6.92 Å². The standard InChI is InChI=1S/C4H5OS/c1-3-2-4(5)6-3/h2H2,1H3/q-1. The van der Waals surface area contributed by atoms with Gasteiger partial charge < -0.3 is 0 Å². The molecule has 0 aromatic carbocycles.